The fraction of sp³-hybridized carbons (Fsp3) is 0.250. The predicted octanol–water partition coefficient (Wildman–Crippen LogP) is 7.47. The first-order valence-electron chi connectivity index (χ1n) is 9.07. The monoisotopic (exact) mass is 533 g/mol. The first-order valence-corrected chi connectivity index (χ1v) is 13.4. The molecule has 0 saturated carbocycles. The van der Waals surface area contributed by atoms with E-state index in [1.165, 1.54) is 6.07 Å². The summed E-state index contributed by atoms with van der Waals surface area (Å²) in [4.78, 5) is 13.8. The minimum Gasteiger partial charge on any atom is -0.420 e. The molecule has 3 rings (SSSR count). The number of halogens is 3. The number of rotatable bonds is 10. The molecule has 1 unspecified atom stereocenters. The molecule has 1 N–H and O–H groups in total. The molecule has 0 aliphatic heterocycles. The van der Waals surface area contributed by atoms with Gasteiger partial charge in [0.1, 0.15) is 5.75 Å². The zero-order valence-corrected chi connectivity index (χ0v) is 19.8. The van der Waals surface area contributed by atoms with Gasteiger partial charge in [-0.2, -0.15) is 8.78 Å². The summed E-state index contributed by atoms with van der Waals surface area (Å²) in [6.45, 7) is 0. The first-order chi connectivity index (χ1) is 14.3. The lowest BCUT2D eigenvalue weighted by Crippen LogP contribution is -2.01. The number of hydrogen-bond donors (Lipinski definition) is 1. The molecule has 10 heteroatoms. The molecule has 0 aliphatic rings. The standard InChI is InChI=1S/C20H19BrF2NO3PS2/c21-16-12-14(9-10-18(16)27-28(25,26)19(22)23)6-4-5-11-29-20-24-17(13-30-20)15-7-2-1-3-8-15/h1-3,7-10,12-13,19H,4-6,11H2,(H,25,26). The van der Waals surface area contributed by atoms with Crippen molar-refractivity contribution in [3.63, 3.8) is 0 Å². The third-order valence-corrected chi connectivity index (χ3v) is 7.79. The summed E-state index contributed by atoms with van der Waals surface area (Å²) in [6.07, 6.45) is -0.689. The molecule has 160 valence electrons. The van der Waals surface area contributed by atoms with Crippen molar-refractivity contribution in [3.05, 3.63) is 63.9 Å². The molecule has 2 aromatic carbocycles. The van der Waals surface area contributed by atoms with Crippen molar-refractivity contribution in [1.29, 1.82) is 0 Å². The van der Waals surface area contributed by atoms with Crippen molar-refractivity contribution in [2.24, 2.45) is 0 Å². The predicted molar refractivity (Wildman–Crippen MR) is 122 cm³/mol. The fourth-order valence-corrected chi connectivity index (χ4v) is 5.67. The third-order valence-electron chi connectivity index (χ3n) is 4.11. The third kappa shape index (κ3) is 6.62. The van der Waals surface area contributed by atoms with Crippen LogP contribution in [0.25, 0.3) is 11.3 Å². The molecule has 1 aromatic heterocycles. The maximum atomic E-state index is 12.5. The Morgan fingerprint density at radius 2 is 1.97 bits per heavy atom. The molecule has 0 fully saturated rings. The topological polar surface area (TPSA) is 59.4 Å². The van der Waals surface area contributed by atoms with Gasteiger partial charge in [-0.15, -0.1) is 11.3 Å². The van der Waals surface area contributed by atoms with Gasteiger partial charge < -0.3 is 9.42 Å². The van der Waals surface area contributed by atoms with Crippen LogP contribution in [0.15, 0.2) is 62.7 Å². The van der Waals surface area contributed by atoms with Gasteiger partial charge in [-0.3, -0.25) is 0 Å². The van der Waals surface area contributed by atoms with Gasteiger partial charge in [0.2, 0.25) is 0 Å². The second kappa shape index (κ2) is 10.9. The van der Waals surface area contributed by atoms with Gasteiger partial charge in [-0.05, 0) is 52.9 Å². The van der Waals surface area contributed by atoms with Crippen LogP contribution in [0.2, 0.25) is 0 Å². The highest BCUT2D eigenvalue weighted by Crippen LogP contribution is 2.50. The fourth-order valence-electron chi connectivity index (χ4n) is 2.61. The van der Waals surface area contributed by atoms with Gasteiger partial charge in [0.05, 0.1) is 10.2 Å². The van der Waals surface area contributed by atoms with Crippen molar-refractivity contribution in [3.8, 4) is 17.0 Å². The Morgan fingerprint density at radius 1 is 1.20 bits per heavy atom. The zero-order chi connectivity index (χ0) is 21.6. The van der Waals surface area contributed by atoms with E-state index in [9.17, 15) is 13.3 Å². The number of thiazole rings is 1. The minimum atomic E-state index is -4.98. The van der Waals surface area contributed by atoms with E-state index in [4.69, 9.17) is 4.89 Å². The molecule has 30 heavy (non-hydrogen) atoms. The van der Waals surface area contributed by atoms with Crippen LogP contribution in [0.3, 0.4) is 0 Å². The van der Waals surface area contributed by atoms with E-state index in [2.05, 4.69) is 30.8 Å². The first kappa shape index (κ1) is 23.4. The van der Waals surface area contributed by atoms with E-state index in [0.29, 0.717) is 4.47 Å². The van der Waals surface area contributed by atoms with Crippen molar-refractivity contribution in [2.75, 3.05) is 5.75 Å². The number of benzene rings is 2. The molecule has 0 spiro atoms. The average molecular weight is 534 g/mol. The summed E-state index contributed by atoms with van der Waals surface area (Å²) < 4.78 is 42.3. The Hall–Kier alpha value is -1.25. The Labute approximate surface area is 190 Å². The lowest BCUT2D eigenvalue weighted by atomic mass is 10.1. The van der Waals surface area contributed by atoms with Crippen molar-refractivity contribution >= 4 is 46.6 Å². The molecule has 0 saturated heterocycles. The van der Waals surface area contributed by atoms with Crippen LogP contribution in [0.4, 0.5) is 8.78 Å². The van der Waals surface area contributed by atoms with E-state index >= 15 is 0 Å². The maximum absolute atomic E-state index is 12.5. The summed E-state index contributed by atoms with van der Waals surface area (Å²) in [5.74, 6) is 0.880. The van der Waals surface area contributed by atoms with Crippen LogP contribution in [-0.2, 0) is 11.0 Å². The highest BCUT2D eigenvalue weighted by atomic mass is 79.9. The minimum absolute atomic E-state index is 0.0709. The Balaban J connectivity index is 1.43. The molecule has 4 nitrogen and oxygen atoms in total. The van der Waals surface area contributed by atoms with Crippen LogP contribution in [-0.4, -0.2) is 21.8 Å². The van der Waals surface area contributed by atoms with Gasteiger partial charge in [-0.1, -0.05) is 48.2 Å². The summed E-state index contributed by atoms with van der Waals surface area (Å²) >= 11 is 6.59. The van der Waals surface area contributed by atoms with Crippen LogP contribution < -0.4 is 4.52 Å². The molecular weight excluding hydrogens is 515 g/mol. The van der Waals surface area contributed by atoms with Gasteiger partial charge >= 0.3 is 13.8 Å². The second-order valence-electron chi connectivity index (χ2n) is 6.37. The summed E-state index contributed by atoms with van der Waals surface area (Å²) in [7, 11) is -4.98. The van der Waals surface area contributed by atoms with Crippen LogP contribution in [0, 0.1) is 0 Å². The van der Waals surface area contributed by atoms with Crippen LogP contribution in [0.1, 0.15) is 18.4 Å². The summed E-state index contributed by atoms with van der Waals surface area (Å²) in [6, 6.07) is 14.9. The van der Waals surface area contributed by atoms with E-state index in [0.717, 1.165) is 46.2 Å². The zero-order valence-electron chi connectivity index (χ0n) is 15.7. The molecule has 0 aliphatic carbocycles. The molecular formula is C20H19BrF2NO3PS2. The number of nitrogens with zero attached hydrogens (tertiary/aromatic N) is 1. The van der Waals surface area contributed by atoms with E-state index in [-0.39, 0.29) is 5.75 Å². The Morgan fingerprint density at radius 3 is 2.67 bits per heavy atom. The lowest BCUT2D eigenvalue weighted by molar-refractivity contribution is 0.188. The lowest BCUT2D eigenvalue weighted by Gasteiger charge is -2.14. The van der Waals surface area contributed by atoms with Crippen molar-refractivity contribution in [2.45, 2.75) is 29.8 Å². The maximum Gasteiger partial charge on any atom is 0.442 e. The average Bonchev–Trinajstić information content (AvgIpc) is 3.19. The number of alkyl halides is 2. The van der Waals surface area contributed by atoms with Gasteiger partial charge in [0, 0.05) is 16.7 Å². The second-order valence-corrected chi connectivity index (χ2v) is 11.1. The van der Waals surface area contributed by atoms with Gasteiger partial charge in [-0.25, -0.2) is 9.55 Å². The Kier molecular flexibility index (Phi) is 8.48. The van der Waals surface area contributed by atoms with E-state index < -0.39 is 13.8 Å². The quantitative estimate of drug-likeness (QED) is 0.166. The highest BCUT2D eigenvalue weighted by molar-refractivity contribution is 9.10. The van der Waals surface area contributed by atoms with Gasteiger partial charge in [0.15, 0.2) is 4.34 Å². The molecule has 1 heterocycles. The van der Waals surface area contributed by atoms with E-state index in [1.54, 1.807) is 35.2 Å². The Bertz CT molecular complexity index is 1020. The number of hydrogen-bond acceptors (Lipinski definition) is 5. The number of thioether (sulfide) groups is 1. The molecule has 3 aromatic rings. The number of unbranched alkanes of at least 4 members (excludes halogenated alkanes) is 1. The molecule has 0 bridgehead atoms. The molecule has 0 radical (unpaired) electrons. The highest BCUT2D eigenvalue weighted by Gasteiger charge is 2.34. The number of aryl methyl sites for hydroxylation is 1. The normalized spacial score (nSPS) is 13.4. The van der Waals surface area contributed by atoms with E-state index in [1.807, 2.05) is 30.3 Å². The number of aromatic nitrogens is 1. The summed E-state index contributed by atoms with van der Waals surface area (Å²) in [5.41, 5.74) is 3.10. The SMILES string of the molecule is O=P(O)(Oc1ccc(CCCCSc2nc(-c3ccccc3)cs2)cc1Br)C(F)F. The van der Waals surface area contributed by atoms with Crippen molar-refractivity contribution < 1.29 is 22.8 Å². The molecule has 0 amide bonds. The van der Waals surface area contributed by atoms with Gasteiger partial charge in [0.25, 0.3) is 0 Å². The van der Waals surface area contributed by atoms with Crippen molar-refractivity contribution in [1.82, 2.24) is 4.98 Å². The van der Waals surface area contributed by atoms with Crippen LogP contribution in [0.5, 0.6) is 5.75 Å². The molecule has 1 atom stereocenters. The smallest absolute Gasteiger partial charge is 0.420 e. The summed E-state index contributed by atoms with van der Waals surface area (Å²) in [5, 5.41) is 2.07. The van der Waals surface area contributed by atoms with Crippen LogP contribution >= 0.6 is 46.6 Å². The largest absolute Gasteiger partial charge is 0.442 e.